The van der Waals surface area contributed by atoms with Gasteiger partial charge in [-0.05, 0) is 58.6 Å². The molecule has 0 spiro atoms. The van der Waals surface area contributed by atoms with Gasteiger partial charge in [-0.3, -0.25) is 0 Å². The summed E-state index contributed by atoms with van der Waals surface area (Å²) in [7, 11) is 0. The van der Waals surface area contributed by atoms with E-state index >= 15 is 0 Å². The maximum absolute atomic E-state index is 5.97. The lowest BCUT2D eigenvalue weighted by Gasteiger charge is -2.50. The fraction of sp³-hybridized carbons (Fsp3) is 0.529. The molecule has 1 fully saturated rings. The lowest BCUT2D eigenvalue weighted by molar-refractivity contribution is -0.245. The second-order valence-corrected chi connectivity index (χ2v) is 6.59. The lowest BCUT2D eigenvalue weighted by Crippen LogP contribution is -2.57. The molecule has 0 saturated carbocycles. The summed E-state index contributed by atoms with van der Waals surface area (Å²) in [6, 6.07) is 10.2. The van der Waals surface area contributed by atoms with Gasteiger partial charge >= 0.3 is 0 Å². The van der Waals surface area contributed by atoms with E-state index < -0.39 is 0 Å². The number of hydrogen-bond acceptors (Lipinski definition) is 2. The lowest BCUT2D eigenvalue weighted by atomic mass is 9.82. The van der Waals surface area contributed by atoms with Crippen LogP contribution in [0.1, 0.15) is 52.5 Å². The number of nitrogens with zero attached hydrogens (tertiary/aromatic N) is 1. The van der Waals surface area contributed by atoms with E-state index in [2.05, 4.69) is 44.9 Å². The summed E-state index contributed by atoms with van der Waals surface area (Å²) < 4.78 is 0. The van der Waals surface area contributed by atoms with Crippen molar-refractivity contribution in [2.24, 2.45) is 0 Å². The molecule has 2 nitrogen and oxygen atoms in total. The molecule has 19 heavy (non-hydrogen) atoms. The highest BCUT2D eigenvalue weighted by atomic mass is 16.7. The van der Waals surface area contributed by atoms with Crippen LogP contribution in [0.25, 0.3) is 6.08 Å². The summed E-state index contributed by atoms with van der Waals surface area (Å²) in [6.07, 6.45) is 7.44. The van der Waals surface area contributed by atoms with Gasteiger partial charge in [-0.1, -0.05) is 30.3 Å². The third-order valence-corrected chi connectivity index (χ3v) is 3.90. The van der Waals surface area contributed by atoms with Gasteiger partial charge in [0.15, 0.2) is 0 Å². The normalized spacial score (nSPS) is 22.5. The van der Waals surface area contributed by atoms with Crippen molar-refractivity contribution < 1.29 is 4.84 Å². The maximum atomic E-state index is 5.97. The van der Waals surface area contributed by atoms with E-state index in [1.807, 2.05) is 30.5 Å². The average molecular weight is 259 g/mol. The molecule has 0 aliphatic carbocycles. The highest BCUT2D eigenvalue weighted by molar-refractivity contribution is 5.47. The Balaban J connectivity index is 2.06. The van der Waals surface area contributed by atoms with Crippen LogP contribution >= 0.6 is 0 Å². The van der Waals surface area contributed by atoms with Gasteiger partial charge in [0.2, 0.25) is 0 Å². The summed E-state index contributed by atoms with van der Waals surface area (Å²) in [5, 5.41) is 2.16. The van der Waals surface area contributed by atoms with Crippen molar-refractivity contribution in [3.63, 3.8) is 0 Å². The largest absolute Gasteiger partial charge is 0.413 e. The van der Waals surface area contributed by atoms with Gasteiger partial charge in [0.1, 0.15) is 6.26 Å². The van der Waals surface area contributed by atoms with Crippen LogP contribution in [-0.4, -0.2) is 16.1 Å². The van der Waals surface area contributed by atoms with Crippen molar-refractivity contribution in [1.29, 1.82) is 0 Å². The Kier molecular flexibility index (Phi) is 4.00. The molecule has 1 aliphatic heterocycles. The van der Waals surface area contributed by atoms with Crippen molar-refractivity contribution in [2.75, 3.05) is 0 Å². The number of rotatable bonds is 3. The number of benzene rings is 1. The Morgan fingerprint density at radius 2 is 1.58 bits per heavy atom. The Morgan fingerprint density at radius 3 is 2.16 bits per heavy atom. The number of hydroxylamine groups is 2. The standard InChI is InChI=1S/C17H25NO/c1-16(2)12-8-13-17(3,4)18(16)19-14-11-15-9-6-5-7-10-15/h5-7,9-11,14H,8,12-13H2,1-4H3/b14-11+. The predicted molar refractivity (Wildman–Crippen MR) is 80.4 cm³/mol. The molecule has 1 aromatic rings. The molecule has 0 radical (unpaired) electrons. The third kappa shape index (κ3) is 3.38. The second-order valence-electron chi connectivity index (χ2n) is 6.59. The molecule has 0 amide bonds. The summed E-state index contributed by atoms with van der Waals surface area (Å²) in [4.78, 5) is 5.97. The first-order chi connectivity index (χ1) is 8.92. The highest BCUT2D eigenvalue weighted by Crippen LogP contribution is 2.38. The second kappa shape index (κ2) is 5.38. The van der Waals surface area contributed by atoms with Gasteiger partial charge in [0.05, 0.1) is 11.1 Å². The Bertz CT molecular complexity index is 418. The molecule has 2 heteroatoms. The zero-order valence-electron chi connectivity index (χ0n) is 12.5. The van der Waals surface area contributed by atoms with Crippen molar-refractivity contribution in [3.8, 4) is 0 Å². The Labute approximate surface area is 117 Å². The molecule has 0 unspecified atom stereocenters. The molecule has 0 atom stereocenters. The summed E-state index contributed by atoms with van der Waals surface area (Å²) >= 11 is 0. The van der Waals surface area contributed by atoms with Crippen LogP contribution in [0.4, 0.5) is 0 Å². The van der Waals surface area contributed by atoms with E-state index in [1.54, 1.807) is 0 Å². The van der Waals surface area contributed by atoms with Gasteiger partial charge in [0.25, 0.3) is 0 Å². The van der Waals surface area contributed by atoms with Gasteiger partial charge in [-0.25, -0.2) is 0 Å². The molecule has 0 N–H and O–H groups in total. The van der Waals surface area contributed by atoms with E-state index in [9.17, 15) is 0 Å². The molecule has 1 saturated heterocycles. The van der Waals surface area contributed by atoms with Crippen LogP contribution in [0, 0.1) is 0 Å². The molecular formula is C17H25NO. The van der Waals surface area contributed by atoms with Crippen LogP contribution in [0.5, 0.6) is 0 Å². The number of hydrogen-bond donors (Lipinski definition) is 0. The fourth-order valence-corrected chi connectivity index (χ4v) is 3.00. The van der Waals surface area contributed by atoms with Crippen LogP contribution in [-0.2, 0) is 4.84 Å². The van der Waals surface area contributed by atoms with Crippen LogP contribution < -0.4 is 0 Å². The van der Waals surface area contributed by atoms with E-state index in [0.717, 1.165) is 5.56 Å². The first kappa shape index (κ1) is 14.1. The van der Waals surface area contributed by atoms with Crippen LogP contribution in [0.15, 0.2) is 36.6 Å². The van der Waals surface area contributed by atoms with Crippen molar-refractivity contribution in [2.45, 2.75) is 58.0 Å². The molecule has 0 aromatic heterocycles. The minimum Gasteiger partial charge on any atom is -0.413 e. The topological polar surface area (TPSA) is 12.5 Å². The molecule has 2 rings (SSSR count). The van der Waals surface area contributed by atoms with E-state index in [1.165, 1.54) is 19.3 Å². The quantitative estimate of drug-likeness (QED) is 0.734. The van der Waals surface area contributed by atoms with Crippen molar-refractivity contribution in [3.05, 3.63) is 42.2 Å². The smallest absolute Gasteiger partial charge is 0.112 e. The highest BCUT2D eigenvalue weighted by Gasteiger charge is 2.42. The van der Waals surface area contributed by atoms with Gasteiger partial charge in [-0.2, -0.15) is 0 Å². The first-order valence-corrected chi connectivity index (χ1v) is 7.11. The summed E-state index contributed by atoms with van der Waals surface area (Å²) in [5.41, 5.74) is 1.33. The minimum absolute atomic E-state index is 0.0861. The monoisotopic (exact) mass is 259 g/mol. The van der Waals surface area contributed by atoms with Gasteiger partial charge in [-0.15, -0.1) is 5.06 Å². The molecule has 0 bridgehead atoms. The molecule has 1 aliphatic rings. The molecule has 104 valence electrons. The van der Waals surface area contributed by atoms with Crippen LogP contribution in [0.3, 0.4) is 0 Å². The van der Waals surface area contributed by atoms with Gasteiger partial charge in [0, 0.05) is 0 Å². The predicted octanol–water partition coefficient (Wildman–Crippen LogP) is 4.63. The summed E-state index contributed by atoms with van der Waals surface area (Å²) in [5.74, 6) is 0. The fourth-order valence-electron chi connectivity index (χ4n) is 3.00. The summed E-state index contributed by atoms with van der Waals surface area (Å²) in [6.45, 7) is 9.02. The van der Waals surface area contributed by atoms with E-state index in [4.69, 9.17) is 4.84 Å². The van der Waals surface area contributed by atoms with E-state index in [0.29, 0.717) is 0 Å². The SMILES string of the molecule is CC1(C)CCCC(C)(C)N1O/C=C/c1ccccc1. The maximum Gasteiger partial charge on any atom is 0.112 e. The van der Waals surface area contributed by atoms with Crippen LogP contribution in [0.2, 0.25) is 0 Å². The Morgan fingerprint density at radius 1 is 1.00 bits per heavy atom. The zero-order valence-corrected chi connectivity index (χ0v) is 12.5. The van der Waals surface area contributed by atoms with E-state index in [-0.39, 0.29) is 11.1 Å². The first-order valence-electron chi connectivity index (χ1n) is 7.11. The third-order valence-electron chi connectivity index (χ3n) is 3.90. The minimum atomic E-state index is 0.0861. The van der Waals surface area contributed by atoms with Crippen molar-refractivity contribution >= 4 is 6.08 Å². The molecular weight excluding hydrogens is 234 g/mol. The Hall–Kier alpha value is -1.28. The average Bonchev–Trinajstić information content (AvgIpc) is 2.33. The van der Waals surface area contributed by atoms with Crippen molar-refractivity contribution in [1.82, 2.24) is 5.06 Å². The van der Waals surface area contributed by atoms with Gasteiger partial charge < -0.3 is 4.84 Å². The zero-order chi connectivity index (χ0) is 13.9. The molecule has 1 heterocycles. The number of piperidine rings is 1. The molecule has 1 aromatic carbocycles.